The highest BCUT2D eigenvalue weighted by molar-refractivity contribution is 5.75. The van der Waals surface area contributed by atoms with Crippen molar-refractivity contribution in [1.29, 1.82) is 0 Å². The summed E-state index contributed by atoms with van der Waals surface area (Å²) in [7, 11) is 1.58. The van der Waals surface area contributed by atoms with Gasteiger partial charge in [0.1, 0.15) is 17.3 Å². The summed E-state index contributed by atoms with van der Waals surface area (Å²) in [6.07, 6.45) is 3.31. The Morgan fingerprint density at radius 1 is 1.22 bits per heavy atom. The van der Waals surface area contributed by atoms with E-state index in [4.69, 9.17) is 9.15 Å². The normalized spacial score (nSPS) is 13.3. The van der Waals surface area contributed by atoms with Crippen LogP contribution >= 0.6 is 0 Å². The lowest BCUT2D eigenvalue weighted by molar-refractivity contribution is 0.234. The van der Waals surface area contributed by atoms with E-state index in [9.17, 15) is 4.79 Å². The fourth-order valence-corrected chi connectivity index (χ4v) is 2.59. The predicted octanol–water partition coefficient (Wildman–Crippen LogP) is 3.42. The first-order valence-corrected chi connectivity index (χ1v) is 7.54. The molecule has 0 saturated carbocycles. The molecule has 0 aliphatic carbocycles. The third kappa shape index (κ3) is 4.03. The number of ether oxygens (including phenoxy) is 1. The molecule has 2 atom stereocenters. The number of urea groups is 1. The number of rotatable bonds is 5. The molecule has 0 fully saturated rings. The van der Waals surface area contributed by atoms with E-state index in [1.807, 2.05) is 39.8 Å². The number of furan rings is 1. The minimum absolute atomic E-state index is 0.140. The van der Waals surface area contributed by atoms with Gasteiger partial charge in [-0.15, -0.1) is 0 Å². The average Bonchev–Trinajstić information content (AvgIpc) is 2.85. The minimum Gasteiger partial charge on any atom is -0.495 e. The van der Waals surface area contributed by atoms with E-state index in [2.05, 4.69) is 15.6 Å². The zero-order chi connectivity index (χ0) is 17.0. The lowest BCUT2D eigenvalue weighted by Gasteiger charge is -2.19. The van der Waals surface area contributed by atoms with Crippen molar-refractivity contribution in [2.75, 3.05) is 7.11 Å². The van der Waals surface area contributed by atoms with Gasteiger partial charge in [-0.05, 0) is 39.8 Å². The first kappa shape index (κ1) is 16.9. The van der Waals surface area contributed by atoms with Gasteiger partial charge in [0.25, 0.3) is 0 Å². The van der Waals surface area contributed by atoms with Crippen LogP contribution in [0.1, 0.15) is 48.6 Å². The molecule has 0 aliphatic heterocycles. The molecule has 0 saturated heterocycles. The van der Waals surface area contributed by atoms with E-state index >= 15 is 0 Å². The summed E-state index contributed by atoms with van der Waals surface area (Å²) in [6, 6.07) is 3.18. The lowest BCUT2D eigenvalue weighted by Crippen LogP contribution is -2.38. The quantitative estimate of drug-likeness (QED) is 0.886. The number of amides is 2. The Labute approximate surface area is 136 Å². The standard InChI is InChI=1S/C17H23N3O3/c1-10-8-15(13(4)23-10)12(3)20-17(21)19-11(2)14-6-7-18-9-16(14)22-5/h6-9,11-12H,1-5H3,(H2,19,20,21)/t11-,12-/m1/s1. The molecule has 2 amide bonds. The molecule has 0 unspecified atom stereocenters. The monoisotopic (exact) mass is 317 g/mol. The number of carbonyl (C=O) groups excluding carboxylic acids is 1. The zero-order valence-electron chi connectivity index (χ0n) is 14.1. The maximum atomic E-state index is 12.2. The molecule has 2 aromatic rings. The number of aromatic nitrogens is 1. The second-order valence-electron chi connectivity index (χ2n) is 5.55. The van der Waals surface area contributed by atoms with Crippen molar-refractivity contribution in [1.82, 2.24) is 15.6 Å². The highest BCUT2D eigenvalue weighted by Gasteiger charge is 2.18. The number of carbonyl (C=O) groups is 1. The number of hydrogen-bond acceptors (Lipinski definition) is 4. The molecule has 0 spiro atoms. The largest absolute Gasteiger partial charge is 0.495 e. The van der Waals surface area contributed by atoms with Crippen molar-refractivity contribution < 1.29 is 13.9 Å². The zero-order valence-corrected chi connectivity index (χ0v) is 14.1. The topological polar surface area (TPSA) is 76.4 Å². The second kappa shape index (κ2) is 7.17. The third-order valence-corrected chi connectivity index (χ3v) is 3.74. The summed E-state index contributed by atoms with van der Waals surface area (Å²) in [4.78, 5) is 16.2. The average molecular weight is 317 g/mol. The van der Waals surface area contributed by atoms with Gasteiger partial charge in [-0.2, -0.15) is 0 Å². The minimum atomic E-state index is -0.248. The number of methoxy groups -OCH3 is 1. The number of aryl methyl sites for hydroxylation is 2. The van der Waals surface area contributed by atoms with Gasteiger partial charge in [0.15, 0.2) is 0 Å². The second-order valence-corrected chi connectivity index (χ2v) is 5.55. The Morgan fingerprint density at radius 2 is 1.87 bits per heavy atom. The van der Waals surface area contributed by atoms with Crippen molar-refractivity contribution >= 4 is 6.03 Å². The van der Waals surface area contributed by atoms with E-state index in [1.165, 1.54) is 0 Å². The van der Waals surface area contributed by atoms with Gasteiger partial charge in [-0.3, -0.25) is 4.98 Å². The van der Waals surface area contributed by atoms with Crippen molar-refractivity contribution in [3.63, 3.8) is 0 Å². The summed E-state index contributed by atoms with van der Waals surface area (Å²) in [5.41, 5.74) is 1.85. The molecule has 124 valence electrons. The van der Waals surface area contributed by atoms with Crippen LogP contribution in [-0.2, 0) is 0 Å². The molecular formula is C17H23N3O3. The van der Waals surface area contributed by atoms with Crippen molar-refractivity contribution in [3.8, 4) is 5.75 Å². The fraction of sp³-hybridized carbons (Fsp3) is 0.412. The Balaban J connectivity index is 2.00. The summed E-state index contributed by atoms with van der Waals surface area (Å²) < 4.78 is 10.8. The fourth-order valence-electron chi connectivity index (χ4n) is 2.59. The van der Waals surface area contributed by atoms with Crippen molar-refractivity contribution in [2.45, 2.75) is 39.8 Å². The summed E-state index contributed by atoms with van der Waals surface area (Å²) in [6.45, 7) is 7.61. The van der Waals surface area contributed by atoms with Crippen LogP contribution in [0.15, 0.2) is 28.9 Å². The molecule has 0 aromatic carbocycles. The molecule has 2 rings (SSSR count). The molecule has 0 aliphatic rings. The first-order valence-electron chi connectivity index (χ1n) is 7.54. The van der Waals surface area contributed by atoms with E-state index in [0.717, 1.165) is 22.6 Å². The van der Waals surface area contributed by atoms with E-state index in [-0.39, 0.29) is 18.1 Å². The predicted molar refractivity (Wildman–Crippen MR) is 87.5 cm³/mol. The molecule has 6 heteroatoms. The van der Waals surface area contributed by atoms with Crippen LogP contribution in [0.25, 0.3) is 0 Å². The Morgan fingerprint density at radius 3 is 2.43 bits per heavy atom. The smallest absolute Gasteiger partial charge is 0.315 e. The van der Waals surface area contributed by atoms with Gasteiger partial charge < -0.3 is 19.8 Å². The van der Waals surface area contributed by atoms with Crippen LogP contribution in [0.3, 0.4) is 0 Å². The summed E-state index contributed by atoms with van der Waals surface area (Å²) in [5.74, 6) is 2.30. The van der Waals surface area contributed by atoms with Gasteiger partial charge >= 0.3 is 6.03 Å². The van der Waals surface area contributed by atoms with Crippen LogP contribution in [0.5, 0.6) is 5.75 Å². The summed E-state index contributed by atoms with van der Waals surface area (Å²) >= 11 is 0. The van der Waals surface area contributed by atoms with Crippen LogP contribution in [-0.4, -0.2) is 18.1 Å². The maximum absolute atomic E-state index is 12.2. The van der Waals surface area contributed by atoms with Crippen LogP contribution in [0.4, 0.5) is 4.79 Å². The molecule has 2 N–H and O–H groups in total. The van der Waals surface area contributed by atoms with Crippen molar-refractivity contribution in [2.24, 2.45) is 0 Å². The van der Waals surface area contributed by atoms with Crippen molar-refractivity contribution in [3.05, 3.63) is 47.2 Å². The number of pyridine rings is 1. The highest BCUT2D eigenvalue weighted by atomic mass is 16.5. The molecule has 0 radical (unpaired) electrons. The van der Waals surface area contributed by atoms with Gasteiger partial charge in [-0.1, -0.05) is 0 Å². The number of nitrogens with one attached hydrogen (secondary N) is 2. The van der Waals surface area contributed by atoms with Gasteiger partial charge in [-0.25, -0.2) is 4.79 Å². The maximum Gasteiger partial charge on any atom is 0.315 e. The lowest BCUT2D eigenvalue weighted by atomic mass is 10.1. The van der Waals surface area contributed by atoms with E-state index in [1.54, 1.807) is 19.5 Å². The summed E-state index contributed by atoms with van der Waals surface area (Å²) in [5, 5.41) is 5.83. The number of nitrogens with zero attached hydrogens (tertiary/aromatic N) is 1. The van der Waals surface area contributed by atoms with E-state index < -0.39 is 0 Å². The van der Waals surface area contributed by atoms with Crippen LogP contribution < -0.4 is 15.4 Å². The third-order valence-electron chi connectivity index (χ3n) is 3.74. The highest BCUT2D eigenvalue weighted by Crippen LogP contribution is 2.24. The Kier molecular flexibility index (Phi) is 5.26. The molecule has 2 heterocycles. The Hall–Kier alpha value is -2.50. The van der Waals surface area contributed by atoms with Crippen LogP contribution in [0.2, 0.25) is 0 Å². The van der Waals surface area contributed by atoms with E-state index in [0.29, 0.717) is 5.75 Å². The molecule has 23 heavy (non-hydrogen) atoms. The molecule has 0 bridgehead atoms. The molecular weight excluding hydrogens is 294 g/mol. The Bertz CT molecular complexity index is 681. The SMILES string of the molecule is COc1cnccc1[C@@H](C)NC(=O)N[C@H](C)c1cc(C)oc1C. The molecule has 2 aromatic heterocycles. The van der Waals surface area contributed by atoms with Gasteiger partial charge in [0.2, 0.25) is 0 Å². The molecule has 6 nitrogen and oxygen atoms in total. The van der Waals surface area contributed by atoms with Gasteiger partial charge in [0.05, 0.1) is 25.4 Å². The number of hydrogen-bond donors (Lipinski definition) is 2. The van der Waals surface area contributed by atoms with Gasteiger partial charge in [0, 0.05) is 17.3 Å². The first-order chi connectivity index (χ1) is 10.9. The van der Waals surface area contributed by atoms with Crippen LogP contribution in [0, 0.1) is 13.8 Å².